The minimum atomic E-state index is -1.01. The number of likely N-dealkylation sites (tertiary alicyclic amines) is 1. The summed E-state index contributed by atoms with van der Waals surface area (Å²) in [6, 6.07) is 7.49. The van der Waals surface area contributed by atoms with Crippen LogP contribution in [0.3, 0.4) is 0 Å². The van der Waals surface area contributed by atoms with Gasteiger partial charge in [-0.05, 0) is 31.5 Å². The number of methoxy groups -OCH3 is 1. The lowest BCUT2D eigenvalue weighted by Crippen LogP contribution is -2.48. The molecule has 1 aliphatic rings. The maximum atomic E-state index is 13.7. The van der Waals surface area contributed by atoms with Gasteiger partial charge in [-0.3, -0.25) is 4.79 Å². The van der Waals surface area contributed by atoms with Crippen molar-refractivity contribution in [2.75, 3.05) is 26.8 Å². The normalized spacial score (nSPS) is 21.6. The number of piperidine rings is 1. The fraction of sp³-hybridized carbons (Fsp3) is 0.471. The Labute approximate surface area is 134 Å². The predicted molar refractivity (Wildman–Crippen MR) is 85.7 cm³/mol. The first-order valence-electron chi connectivity index (χ1n) is 7.84. The number of carbonyl (C=O) groups is 1. The maximum absolute atomic E-state index is 13.7. The first-order valence-corrected chi connectivity index (χ1v) is 7.84. The summed E-state index contributed by atoms with van der Waals surface area (Å²) in [5, 5.41) is 0.945. The fourth-order valence-electron chi connectivity index (χ4n) is 2.94. The third-order valence-corrected chi connectivity index (χ3v) is 4.20. The number of hydrogen-bond donors (Lipinski definition) is 1. The number of benzene rings is 1. The molecule has 5 nitrogen and oxygen atoms in total. The van der Waals surface area contributed by atoms with Crippen LogP contribution in [0.2, 0.25) is 0 Å². The van der Waals surface area contributed by atoms with E-state index >= 15 is 0 Å². The Morgan fingerprint density at radius 2 is 2.26 bits per heavy atom. The van der Waals surface area contributed by atoms with Gasteiger partial charge in [0.25, 0.3) is 5.91 Å². The van der Waals surface area contributed by atoms with Gasteiger partial charge in [0.15, 0.2) is 0 Å². The van der Waals surface area contributed by atoms with E-state index in [1.807, 2.05) is 31.2 Å². The van der Waals surface area contributed by atoms with Gasteiger partial charge in [-0.2, -0.15) is 0 Å². The third-order valence-electron chi connectivity index (χ3n) is 4.20. The summed E-state index contributed by atoms with van der Waals surface area (Å²) in [7, 11) is 1.48. The van der Waals surface area contributed by atoms with Crippen LogP contribution in [0, 0.1) is 0 Å². The van der Waals surface area contributed by atoms with Crippen molar-refractivity contribution in [2.24, 2.45) is 0 Å². The number of H-pyrrole nitrogens is 1. The van der Waals surface area contributed by atoms with E-state index in [1.54, 1.807) is 4.90 Å². The average Bonchev–Trinajstić information content (AvgIpc) is 2.98. The molecule has 0 unspecified atom stereocenters. The van der Waals surface area contributed by atoms with Crippen molar-refractivity contribution in [3.05, 3.63) is 30.0 Å². The highest BCUT2D eigenvalue weighted by atomic mass is 19.1. The largest absolute Gasteiger partial charge is 0.494 e. The highest BCUT2D eigenvalue weighted by Gasteiger charge is 2.32. The summed E-state index contributed by atoms with van der Waals surface area (Å²) in [5.74, 6) is 0.631. The maximum Gasteiger partial charge on any atom is 0.270 e. The molecule has 0 aliphatic carbocycles. The molecular formula is C17H21FN2O3. The number of aromatic amines is 1. The summed E-state index contributed by atoms with van der Waals surface area (Å²) in [6.45, 7) is 3.19. The second-order valence-corrected chi connectivity index (χ2v) is 5.70. The van der Waals surface area contributed by atoms with E-state index < -0.39 is 12.3 Å². The molecule has 0 bridgehead atoms. The van der Waals surface area contributed by atoms with Crippen molar-refractivity contribution in [1.82, 2.24) is 9.88 Å². The first-order chi connectivity index (χ1) is 11.1. The van der Waals surface area contributed by atoms with E-state index in [1.165, 1.54) is 7.11 Å². The van der Waals surface area contributed by atoms with Crippen molar-refractivity contribution in [1.29, 1.82) is 0 Å². The number of nitrogens with one attached hydrogen (secondary N) is 1. The van der Waals surface area contributed by atoms with Crippen LogP contribution in [0.1, 0.15) is 23.8 Å². The molecule has 1 aromatic heterocycles. The van der Waals surface area contributed by atoms with Gasteiger partial charge in [0.2, 0.25) is 0 Å². The fourth-order valence-corrected chi connectivity index (χ4v) is 2.94. The molecule has 3 rings (SSSR count). The molecule has 1 aliphatic heterocycles. The van der Waals surface area contributed by atoms with Crippen LogP contribution < -0.4 is 4.74 Å². The summed E-state index contributed by atoms with van der Waals surface area (Å²) in [6.07, 6.45) is -1.26. The van der Waals surface area contributed by atoms with Gasteiger partial charge in [-0.25, -0.2) is 4.39 Å². The van der Waals surface area contributed by atoms with E-state index in [4.69, 9.17) is 9.47 Å². The second-order valence-electron chi connectivity index (χ2n) is 5.70. The smallest absolute Gasteiger partial charge is 0.270 e. The zero-order chi connectivity index (χ0) is 16.4. The van der Waals surface area contributed by atoms with Gasteiger partial charge in [0.1, 0.15) is 23.7 Å². The van der Waals surface area contributed by atoms with Gasteiger partial charge in [0, 0.05) is 30.6 Å². The van der Waals surface area contributed by atoms with E-state index in [0.29, 0.717) is 25.3 Å². The Balaban J connectivity index is 1.80. The standard InChI is InChI=1S/C17H21FN2O3/c1-3-23-12-5-4-11-8-15(19-14(11)9-12)17(21)20-7-6-13(18)16(10-20)22-2/h4-5,8-9,13,16,19H,3,6-7,10H2,1-2H3/t13-,16-/m1/s1. The van der Waals surface area contributed by atoms with Crippen molar-refractivity contribution in [3.63, 3.8) is 0 Å². The number of nitrogens with zero attached hydrogens (tertiary/aromatic N) is 1. The molecule has 2 heterocycles. The van der Waals surface area contributed by atoms with Gasteiger partial charge in [-0.1, -0.05) is 0 Å². The molecule has 1 saturated heterocycles. The molecular weight excluding hydrogens is 299 g/mol. The Hall–Kier alpha value is -2.08. The summed E-state index contributed by atoms with van der Waals surface area (Å²) in [4.78, 5) is 17.4. The van der Waals surface area contributed by atoms with Gasteiger partial charge >= 0.3 is 0 Å². The zero-order valence-corrected chi connectivity index (χ0v) is 13.3. The Morgan fingerprint density at radius 3 is 3.00 bits per heavy atom. The van der Waals surface area contributed by atoms with Gasteiger partial charge in [-0.15, -0.1) is 0 Å². The van der Waals surface area contributed by atoms with E-state index in [2.05, 4.69) is 4.98 Å². The predicted octanol–water partition coefficient (Wildman–Crippen LogP) is 2.77. The number of ether oxygens (including phenoxy) is 2. The second kappa shape index (κ2) is 6.58. The van der Waals surface area contributed by atoms with E-state index in [9.17, 15) is 9.18 Å². The van der Waals surface area contributed by atoms with Crippen molar-refractivity contribution in [3.8, 4) is 5.75 Å². The molecule has 1 fully saturated rings. The molecule has 0 radical (unpaired) electrons. The number of aromatic nitrogens is 1. The van der Waals surface area contributed by atoms with Crippen LogP contribution in [0.5, 0.6) is 5.75 Å². The van der Waals surface area contributed by atoms with Crippen LogP contribution in [0.4, 0.5) is 4.39 Å². The summed E-state index contributed by atoms with van der Waals surface area (Å²) >= 11 is 0. The number of hydrogen-bond acceptors (Lipinski definition) is 3. The van der Waals surface area contributed by atoms with Crippen LogP contribution in [-0.4, -0.2) is 54.9 Å². The molecule has 23 heavy (non-hydrogen) atoms. The molecule has 1 aromatic carbocycles. The zero-order valence-electron chi connectivity index (χ0n) is 13.3. The lowest BCUT2D eigenvalue weighted by atomic mass is 10.1. The lowest BCUT2D eigenvalue weighted by Gasteiger charge is -2.33. The third kappa shape index (κ3) is 3.17. The number of alkyl halides is 1. The SMILES string of the molecule is CCOc1ccc2cc(C(=O)N3CC[C@@H](F)[C@H](OC)C3)[nH]c2c1. The molecule has 2 aromatic rings. The highest BCUT2D eigenvalue weighted by molar-refractivity contribution is 5.98. The number of rotatable bonds is 4. The van der Waals surface area contributed by atoms with Gasteiger partial charge < -0.3 is 19.4 Å². The molecule has 1 amide bonds. The van der Waals surface area contributed by atoms with Crippen molar-refractivity contribution < 1.29 is 18.7 Å². The molecule has 124 valence electrons. The number of carbonyl (C=O) groups excluding carboxylic acids is 1. The topological polar surface area (TPSA) is 54.6 Å². The molecule has 1 N–H and O–H groups in total. The van der Waals surface area contributed by atoms with E-state index in [0.717, 1.165) is 16.7 Å². The Bertz CT molecular complexity index is 700. The average molecular weight is 320 g/mol. The quantitative estimate of drug-likeness (QED) is 0.942. The van der Waals surface area contributed by atoms with Crippen molar-refractivity contribution >= 4 is 16.8 Å². The lowest BCUT2D eigenvalue weighted by molar-refractivity contribution is -0.0201. The molecule has 0 saturated carbocycles. The summed E-state index contributed by atoms with van der Waals surface area (Å²) < 4.78 is 24.3. The highest BCUT2D eigenvalue weighted by Crippen LogP contribution is 2.24. The Morgan fingerprint density at radius 1 is 1.43 bits per heavy atom. The molecule has 2 atom stereocenters. The first kappa shape index (κ1) is 15.8. The minimum Gasteiger partial charge on any atom is -0.494 e. The van der Waals surface area contributed by atoms with Crippen LogP contribution in [0.25, 0.3) is 10.9 Å². The summed E-state index contributed by atoms with van der Waals surface area (Å²) in [5.41, 5.74) is 1.35. The monoisotopic (exact) mass is 320 g/mol. The Kier molecular flexibility index (Phi) is 4.52. The van der Waals surface area contributed by atoms with Crippen molar-refractivity contribution in [2.45, 2.75) is 25.6 Å². The molecule has 0 spiro atoms. The number of amides is 1. The molecule has 6 heteroatoms. The van der Waals surface area contributed by atoms with Crippen LogP contribution in [-0.2, 0) is 4.74 Å². The number of halogens is 1. The number of fused-ring (bicyclic) bond motifs is 1. The van der Waals surface area contributed by atoms with Crippen LogP contribution >= 0.6 is 0 Å². The van der Waals surface area contributed by atoms with Gasteiger partial charge in [0.05, 0.1) is 13.2 Å². The minimum absolute atomic E-state index is 0.131. The van der Waals surface area contributed by atoms with E-state index in [-0.39, 0.29) is 12.5 Å². The van der Waals surface area contributed by atoms with Crippen LogP contribution in [0.15, 0.2) is 24.3 Å².